The van der Waals surface area contributed by atoms with Gasteiger partial charge in [0.05, 0.1) is 23.2 Å². The van der Waals surface area contributed by atoms with E-state index in [-0.39, 0.29) is 15.9 Å². The number of rotatable bonds is 7. The summed E-state index contributed by atoms with van der Waals surface area (Å²) in [7, 11) is 0. The number of imide groups is 1. The molecular formula is C20H16NO6S-. The quantitative estimate of drug-likeness (QED) is 0.661. The number of thioether (sulfide) groups is 1. The van der Waals surface area contributed by atoms with Gasteiger partial charge in [0.25, 0.3) is 11.1 Å². The van der Waals surface area contributed by atoms with Crippen molar-refractivity contribution in [1.29, 1.82) is 0 Å². The molecular weight excluding hydrogens is 382 g/mol. The molecule has 1 fully saturated rings. The maximum absolute atomic E-state index is 12.7. The number of carbonyl (C=O) groups excluding carboxylic acids is 3. The Morgan fingerprint density at radius 2 is 1.86 bits per heavy atom. The summed E-state index contributed by atoms with van der Waals surface area (Å²) >= 11 is 0.850. The molecule has 2 aromatic carbocycles. The fourth-order valence-electron chi connectivity index (χ4n) is 2.56. The van der Waals surface area contributed by atoms with Gasteiger partial charge in [0, 0.05) is 0 Å². The molecule has 0 bridgehead atoms. The molecule has 1 heterocycles. The highest BCUT2D eigenvalue weighted by molar-refractivity contribution is 8.19. The van der Waals surface area contributed by atoms with E-state index in [9.17, 15) is 19.5 Å². The van der Waals surface area contributed by atoms with Gasteiger partial charge in [-0.25, -0.2) is 4.90 Å². The summed E-state index contributed by atoms with van der Waals surface area (Å²) in [5.74, 6) is -1.17. The molecule has 0 saturated carbocycles. The largest absolute Gasteiger partial charge is 0.546 e. The predicted octanol–water partition coefficient (Wildman–Crippen LogP) is 2.45. The molecule has 3 rings (SSSR count). The molecule has 28 heavy (non-hydrogen) atoms. The first-order valence-electron chi connectivity index (χ1n) is 8.42. The molecule has 2 amide bonds. The number of carboxylic acid groups (broad SMARTS) is 1. The van der Waals surface area contributed by atoms with E-state index in [4.69, 9.17) is 9.47 Å². The van der Waals surface area contributed by atoms with Gasteiger partial charge in [0.1, 0.15) is 6.61 Å². The maximum Gasteiger partial charge on any atom is 0.298 e. The highest BCUT2D eigenvalue weighted by Gasteiger charge is 2.36. The minimum absolute atomic E-state index is 0.251. The Kier molecular flexibility index (Phi) is 6.00. The first kappa shape index (κ1) is 19.5. The lowest BCUT2D eigenvalue weighted by Crippen LogP contribution is -2.29. The number of benzene rings is 2. The van der Waals surface area contributed by atoms with E-state index in [2.05, 4.69) is 0 Å². The van der Waals surface area contributed by atoms with Crippen LogP contribution >= 0.6 is 11.8 Å². The molecule has 0 N–H and O–H groups in total. The average molecular weight is 398 g/mol. The van der Waals surface area contributed by atoms with Crippen LogP contribution in [0.5, 0.6) is 11.5 Å². The second kappa shape index (κ2) is 8.62. The van der Waals surface area contributed by atoms with Gasteiger partial charge >= 0.3 is 0 Å². The number of para-hydroxylation sites is 1. The number of hydrogen-bond acceptors (Lipinski definition) is 7. The number of nitrogens with zero attached hydrogens (tertiary/aromatic N) is 1. The molecule has 144 valence electrons. The van der Waals surface area contributed by atoms with Crippen molar-refractivity contribution in [3.63, 3.8) is 0 Å². The zero-order valence-corrected chi connectivity index (χ0v) is 15.7. The van der Waals surface area contributed by atoms with E-state index in [0.717, 1.165) is 16.7 Å². The van der Waals surface area contributed by atoms with Crippen LogP contribution in [0.2, 0.25) is 0 Å². The monoisotopic (exact) mass is 398 g/mol. The first-order chi connectivity index (χ1) is 13.5. The van der Waals surface area contributed by atoms with Crippen LogP contribution in [0.3, 0.4) is 0 Å². The van der Waals surface area contributed by atoms with Gasteiger partial charge in [0.2, 0.25) is 0 Å². The fraction of sp³-hybridized carbons (Fsp3) is 0.150. The smallest absolute Gasteiger partial charge is 0.298 e. The third kappa shape index (κ3) is 4.34. The standard InChI is InChI=1S/C20H17NO6S/c1-2-26-16-10-13(8-9-15(16)27-12-18(22)23)11-17-19(24)21(20(25)28-17)14-6-4-3-5-7-14/h3-11H,2,12H2,1H3,(H,22,23)/p-1/b17-11-. The van der Waals surface area contributed by atoms with Gasteiger partial charge in [-0.05, 0) is 54.6 Å². The second-order valence-electron chi connectivity index (χ2n) is 5.65. The van der Waals surface area contributed by atoms with Crippen molar-refractivity contribution in [1.82, 2.24) is 0 Å². The third-order valence-corrected chi connectivity index (χ3v) is 4.59. The normalized spacial score (nSPS) is 15.2. The molecule has 0 radical (unpaired) electrons. The Hall–Kier alpha value is -3.26. The number of carbonyl (C=O) groups is 3. The summed E-state index contributed by atoms with van der Waals surface area (Å²) < 4.78 is 10.6. The second-order valence-corrected chi connectivity index (χ2v) is 6.65. The van der Waals surface area contributed by atoms with Gasteiger partial charge in [0.15, 0.2) is 11.5 Å². The Bertz CT molecular complexity index is 941. The number of anilines is 1. The SMILES string of the molecule is CCOc1cc(/C=C2\SC(=O)N(c3ccccc3)C2=O)ccc1OCC(=O)[O-]. The summed E-state index contributed by atoms with van der Waals surface area (Å²) in [6, 6.07) is 13.5. The van der Waals surface area contributed by atoms with Crippen LogP contribution < -0.4 is 19.5 Å². The number of aliphatic carboxylic acids is 1. The highest BCUT2D eigenvalue weighted by atomic mass is 32.2. The van der Waals surface area contributed by atoms with Crippen LogP contribution in [0.25, 0.3) is 6.08 Å². The molecule has 0 spiro atoms. The number of amides is 2. The predicted molar refractivity (Wildman–Crippen MR) is 103 cm³/mol. The molecule has 0 aromatic heterocycles. The summed E-state index contributed by atoms with van der Waals surface area (Å²) in [5, 5.41) is 10.2. The Labute approximate surface area is 165 Å². The molecule has 2 aromatic rings. The van der Waals surface area contributed by atoms with Gasteiger partial charge in [-0.2, -0.15) is 0 Å². The lowest BCUT2D eigenvalue weighted by Gasteiger charge is -2.13. The van der Waals surface area contributed by atoms with E-state index in [1.54, 1.807) is 61.5 Å². The van der Waals surface area contributed by atoms with Crippen LogP contribution in [-0.4, -0.2) is 30.3 Å². The summed E-state index contributed by atoms with van der Waals surface area (Å²) in [6.07, 6.45) is 1.58. The molecule has 1 saturated heterocycles. The van der Waals surface area contributed by atoms with Crippen molar-refractivity contribution >= 4 is 40.6 Å². The van der Waals surface area contributed by atoms with Crippen molar-refractivity contribution in [2.75, 3.05) is 18.1 Å². The van der Waals surface area contributed by atoms with Crippen molar-refractivity contribution in [2.45, 2.75) is 6.92 Å². The molecule has 0 aliphatic carbocycles. The number of ether oxygens (including phenoxy) is 2. The van der Waals surface area contributed by atoms with Crippen molar-refractivity contribution in [3.05, 3.63) is 59.0 Å². The summed E-state index contributed by atoms with van der Waals surface area (Å²) in [4.78, 5) is 36.9. The molecule has 7 nitrogen and oxygen atoms in total. The van der Waals surface area contributed by atoms with Crippen molar-refractivity contribution in [2.24, 2.45) is 0 Å². The Balaban J connectivity index is 1.86. The van der Waals surface area contributed by atoms with Crippen LogP contribution in [0, 0.1) is 0 Å². The van der Waals surface area contributed by atoms with Gasteiger partial charge in [-0.15, -0.1) is 0 Å². The van der Waals surface area contributed by atoms with Crippen molar-refractivity contribution in [3.8, 4) is 11.5 Å². The van der Waals surface area contributed by atoms with Crippen LogP contribution in [0.4, 0.5) is 10.5 Å². The third-order valence-electron chi connectivity index (χ3n) is 3.72. The molecule has 0 unspecified atom stereocenters. The highest BCUT2D eigenvalue weighted by Crippen LogP contribution is 2.37. The van der Waals surface area contributed by atoms with Gasteiger partial charge in [-0.1, -0.05) is 24.3 Å². The minimum Gasteiger partial charge on any atom is -0.546 e. The number of carboxylic acids is 1. The van der Waals surface area contributed by atoms with Crippen LogP contribution in [-0.2, 0) is 9.59 Å². The average Bonchev–Trinajstić information content (AvgIpc) is 2.95. The summed E-state index contributed by atoms with van der Waals surface area (Å²) in [6.45, 7) is 1.52. The van der Waals surface area contributed by atoms with Crippen LogP contribution in [0.1, 0.15) is 12.5 Å². The number of hydrogen-bond donors (Lipinski definition) is 0. The van der Waals surface area contributed by atoms with Gasteiger partial charge in [-0.3, -0.25) is 9.59 Å². The molecule has 1 aliphatic rings. The minimum atomic E-state index is -1.35. The van der Waals surface area contributed by atoms with E-state index in [1.165, 1.54) is 0 Å². The lowest BCUT2D eigenvalue weighted by molar-refractivity contribution is -0.307. The van der Waals surface area contributed by atoms with E-state index >= 15 is 0 Å². The molecule has 1 aliphatic heterocycles. The Morgan fingerprint density at radius 1 is 1.11 bits per heavy atom. The zero-order valence-electron chi connectivity index (χ0n) is 14.9. The topological polar surface area (TPSA) is 96.0 Å². The lowest BCUT2D eigenvalue weighted by atomic mass is 10.1. The van der Waals surface area contributed by atoms with Crippen molar-refractivity contribution < 1.29 is 29.0 Å². The van der Waals surface area contributed by atoms with E-state index in [0.29, 0.717) is 23.6 Å². The van der Waals surface area contributed by atoms with E-state index in [1.807, 2.05) is 0 Å². The molecule has 8 heteroatoms. The van der Waals surface area contributed by atoms with Crippen LogP contribution in [0.15, 0.2) is 53.4 Å². The summed E-state index contributed by atoms with van der Waals surface area (Å²) in [5.41, 5.74) is 1.12. The Morgan fingerprint density at radius 3 is 2.54 bits per heavy atom. The first-order valence-corrected chi connectivity index (χ1v) is 9.23. The van der Waals surface area contributed by atoms with E-state index < -0.39 is 18.5 Å². The maximum atomic E-state index is 12.7. The van der Waals surface area contributed by atoms with Gasteiger partial charge < -0.3 is 19.4 Å². The molecule has 0 atom stereocenters. The zero-order chi connectivity index (χ0) is 20.1. The fourth-order valence-corrected chi connectivity index (χ4v) is 3.40.